The highest BCUT2D eigenvalue weighted by atomic mass is 31.1. The van der Waals surface area contributed by atoms with E-state index in [1.807, 2.05) is 12.1 Å². The molecule has 0 spiro atoms. The Kier molecular flexibility index (Phi) is 4.28. The Hall–Kier alpha value is -0.880. The van der Waals surface area contributed by atoms with E-state index in [1.54, 1.807) is 13.8 Å². The van der Waals surface area contributed by atoms with Crippen molar-refractivity contribution in [1.82, 2.24) is 0 Å². The van der Waals surface area contributed by atoms with E-state index in [9.17, 15) is 4.57 Å². The number of rotatable bonds is 5. The summed E-state index contributed by atoms with van der Waals surface area (Å²) in [5.74, 6) is 0.767. The Labute approximate surface area is 92.9 Å². The van der Waals surface area contributed by atoms with Crippen LogP contribution in [0.1, 0.15) is 32.8 Å². The summed E-state index contributed by atoms with van der Waals surface area (Å²) < 4.78 is 16.3. The fraction of sp³-hybridized carbons (Fsp3) is 0.500. The lowest BCUT2D eigenvalue weighted by molar-refractivity contribution is 0.199. The van der Waals surface area contributed by atoms with Crippen LogP contribution in [0.4, 0.5) is 0 Å². The quantitative estimate of drug-likeness (QED) is 0.705. The molecular weight excluding hydrogens is 207 g/mol. The van der Waals surface area contributed by atoms with Gasteiger partial charge in [0.05, 0.1) is 0 Å². The molecule has 0 aliphatic rings. The Bertz CT molecular complexity index is 317. The molecule has 15 heavy (non-hydrogen) atoms. The van der Waals surface area contributed by atoms with E-state index in [1.165, 1.54) is 5.56 Å². The highest BCUT2D eigenvalue weighted by Crippen LogP contribution is 2.26. The predicted octanol–water partition coefficient (Wildman–Crippen LogP) is 4.05. The second kappa shape index (κ2) is 5.27. The van der Waals surface area contributed by atoms with Crippen molar-refractivity contribution in [2.75, 3.05) is 0 Å². The highest BCUT2D eigenvalue weighted by molar-refractivity contribution is 7.25. The molecule has 1 aromatic rings. The van der Waals surface area contributed by atoms with Crippen LogP contribution in [0.5, 0.6) is 5.75 Å². The lowest BCUT2D eigenvalue weighted by Gasteiger charge is -2.18. The SMILES string of the molecule is CCCc1ccc(OC(C)(C)P=O)cc1. The van der Waals surface area contributed by atoms with Gasteiger partial charge in [-0.15, -0.1) is 0 Å². The van der Waals surface area contributed by atoms with Crippen LogP contribution in [0.2, 0.25) is 0 Å². The molecule has 0 saturated carbocycles. The number of ether oxygens (including phenoxy) is 1. The number of hydrogen-bond donors (Lipinski definition) is 0. The molecule has 1 aromatic carbocycles. The number of benzene rings is 1. The van der Waals surface area contributed by atoms with Crippen molar-refractivity contribution in [3.05, 3.63) is 29.8 Å². The fourth-order valence-corrected chi connectivity index (χ4v) is 1.46. The highest BCUT2D eigenvalue weighted by Gasteiger charge is 2.19. The minimum Gasteiger partial charge on any atom is -0.476 e. The maximum absolute atomic E-state index is 10.8. The predicted molar refractivity (Wildman–Crippen MR) is 62.8 cm³/mol. The summed E-state index contributed by atoms with van der Waals surface area (Å²) in [6, 6.07) is 7.96. The molecule has 0 unspecified atom stereocenters. The molecule has 0 aliphatic carbocycles. The van der Waals surface area contributed by atoms with Gasteiger partial charge in [-0.05, 0) is 38.0 Å². The average molecular weight is 224 g/mol. The smallest absolute Gasteiger partial charge is 0.203 e. The van der Waals surface area contributed by atoms with Crippen molar-refractivity contribution in [2.45, 2.75) is 39.0 Å². The van der Waals surface area contributed by atoms with Gasteiger partial charge in [0.25, 0.3) is 0 Å². The molecule has 2 nitrogen and oxygen atoms in total. The summed E-state index contributed by atoms with van der Waals surface area (Å²) in [6.07, 6.45) is 2.23. The maximum atomic E-state index is 10.8. The normalized spacial score (nSPS) is 11.7. The van der Waals surface area contributed by atoms with E-state index in [0.717, 1.165) is 18.6 Å². The number of aryl methyl sites for hydroxylation is 1. The van der Waals surface area contributed by atoms with Crippen LogP contribution < -0.4 is 4.74 Å². The summed E-state index contributed by atoms with van der Waals surface area (Å²) in [5, 5.41) is -0.647. The third-order valence-corrected chi connectivity index (χ3v) is 2.58. The van der Waals surface area contributed by atoms with Crippen molar-refractivity contribution in [1.29, 1.82) is 0 Å². The summed E-state index contributed by atoms with van der Waals surface area (Å²) in [4.78, 5) is 0. The van der Waals surface area contributed by atoms with Gasteiger partial charge in [0, 0.05) is 0 Å². The van der Waals surface area contributed by atoms with Gasteiger partial charge in [0.2, 0.25) is 8.46 Å². The van der Waals surface area contributed by atoms with Crippen LogP contribution in [-0.4, -0.2) is 5.34 Å². The molecule has 0 fully saturated rings. The van der Waals surface area contributed by atoms with Crippen LogP contribution in [0.25, 0.3) is 0 Å². The first kappa shape index (κ1) is 12.2. The van der Waals surface area contributed by atoms with E-state index in [-0.39, 0.29) is 8.46 Å². The van der Waals surface area contributed by atoms with Crippen LogP contribution >= 0.6 is 8.46 Å². The van der Waals surface area contributed by atoms with Crippen molar-refractivity contribution >= 4 is 8.46 Å². The molecule has 0 heterocycles. The monoisotopic (exact) mass is 224 g/mol. The molecule has 0 aliphatic heterocycles. The first-order chi connectivity index (χ1) is 7.07. The Morgan fingerprint density at radius 1 is 1.27 bits per heavy atom. The van der Waals surface area contributed by atoms with Gasteiger partial charge in [-0.2, -0.15) is 0 Å². The van der Waals surface area contributed by atoms with Gasteiger partial charge in [-0.3, -0.25) is 4.57 Å². The largest absolute Gasteiger partial charge is 0.476 e. The van der Waals surface area contributed by atoms with Gasteiger partial charge in [-0.1, -0.05) is 25.5 Å². The molecule has 0 radical (unpaired) electrons. The van der Waals surface area contributed by atoms with Crippen LogP contribution in [0.3, 0.4) is 0 Å². The van der Waals surface area contributed by atoms with Crippen LogP contribution in [0, 0.1) is 0 Å². The summed E-state index contributed by atoms with van der Waals surface area (Å²) in [6.45, 7) is 5.74. The van der Waals surface area contributed by atoms with Gasteiger partial charge in [0.1, 0.15) is 5.75 Å². The summed E-state index contributed by atoms with van der Waals surface area (Å²) in [5.41, 5.74) is 1.31. The maximum Gasteiger partial charge on any atom is 0.203 e. The zero-order chi connectivity index (χ0) is 11.3. The first-order valence-electron chi connectivity index (χ1n) is 5.20. The van der Waals surface area contributed by atoms with Crippen molar-refractivity contribution in [2.24, 2.45) is 0 Å². The zero-order valence-corrected chi connectivity index (χ0v) is 10.4. The van der Waals surface area contributed by atoms with Gasteiger partial charge < -0.3 is 4.74 Å². The lowest BCUT2D eigenvalue weighted by atomic mass is 10.1. The van der Waals surface area contributed by atoms with Crippen molar-refractivity contribution in [3.63, 3.8) is 0 Å². The molecule has 0 bridgehead atoms. The van der Waals surface area contributed by atoms with Gasteiger partial charge >= 0.3 is 0 Å². The van der Waals surface area contributed by atoms with Crippen LogP contribution in [-0.2, 0) is 11.0 Å². The Morgan fingerprint density at radius 3 is 2.33 bits per heavy atom. The minimum absolute atomic E-state index is 0.000233. The van der Waals surface area contributed by atoms with Crippen molar-refractivity contribution in [3.8, 4) is 5.75 Å². The van der Waals surface area contributed by atoms with Crippen molar-refractivity contribution < 1.29 is 9.30 Å². The zero-order valence-electron chi connectivity index (χ0n) is 9.49. The molecule has 1 rings (SSSR count). The van der Waals surface area contributed by atoms with Gasteiger partial charge in [-0.25, -0.2) is 0 Å². The third kappa shape index (κ3) is 4.01. The molecule has 0 saturated heterocycles. The molecular formula is C12H17O2P. The first-order valence-corrected chi connectivity index (χ1v) is 6.01. The van der Waals surface area contributed by atoms with E-state index >= 15 is 0 Å². The van der Waals surface area contributed by atoms with E-state index in [0.29, 0.717) is 0 Å². The third-order valence-electron chi connectivity index (χ3n) is 2.05. The van der Waals surface area contributed by atoms with E-state index < -0.39 is 5.34 Å². The van der Waals surface area contributed by atoms with Gasteiger partial charge in [0.15, 0.2) is 5.34 Å². The minimum atomic E-state index is -0.647. The molecule has 0 N–H and O–H groups in total. The molecule has 0 atom stereocenters. The average Bonchev–Trinajstić information content (AvgIpc) is 2.21. The standard InChI is InChI=1S/C12H17O2P/c1-4-5-10-6-8-11(9-7-10)14-12(2,3)15-13/h6-9H,4-5H2,1-3H3. The topological polar surface area (TPSA) is 26.3 Å². The summed E-state index contributed by atoms with van der Waals surface area (Å²) >= 11 is 0. The Balaban J connectivity index is 2.68. The molecule has 0 amide bonds. The fourth-order valence-electron chi connectivity index (χ4n) is 1.32. The molecule has 3 heteroatoms. The van der Waals surface area contributed by atoms with E-state index in [4.69, 9.17) is 4.74 Å². The number of hydrogen-bond acceptors (Lipinski definition) is 2. The molecule has 82 valence electrons. The Morgan fingerprint density at radius 2 is 1.87 bits per heavy atom. The lowest BCUT2D eigenvalue weighted by Crippen LogP contribution is -2.19. The summed E-state index contributed by atoms with van der Waals surface area (Å²) in [7, 11) is -0.000233. The second-order valence-corrected chi connectivity index (χ2v) is 5.29. The van der Waals surface area contributed by atoms with E-state index in [2.05, 4.69) is 19.1 Å². The van der Waals surface area contributed by atoms with Crippen LogP contribution in [0.15, 0.2) is 24.3 Å². The second-order valence-electron chi connectivity index (χ2n) is 4.03. The molecule has 0 aromatic heterocycles.